The molecule has 0 amide bonds. The maximum Gasteiger partial charge on any atom is 0.243 e. The average Bonchev–Trinajstić information content (AvgIpc) is 2.38. The van der Waals surface area contributed by atoms with E-state index in [1.165, 1.54) is 22.6 Å². The highest BCUT2D eigenvalue weighted by Gasteiger charge is 2.34. The van der Waals surface area contributed by atoms with Gasteiger partial charge >= 0.3 is 0 Å². The molecular weight excluding hydrogens is 274 g/mol. The van der Waals surface area contributed by atoms with Crippen molar-refractivity contribution in [2.75, 3.05) is 12.8 Å². The first-order valence-corrected chi connectivity index (χ1v) is 8.36. The van der Waals surface area contributed by atoms with Crippen molar-refractivity contribution in [3.8, 4) is 0 Å². The Labute approximate surface area is 121 Å². The first-order valence-electron chi connectivity index (χ1n) is 6.92. The summed E-state index contributed by atoms with van der Waals surface area (Å²) in [6.45, 7) is 4.47. The van der Waals surface area contributed by atoms with Crippen LogP contribution in [0.3, 0.4) is 0 Å². The Bertz CT molecular complexity index is 574. The summed E-state index contributed by atoms with van der Waals surface area (Å²) in [6, 6.07) is 2.98. The molecule has 0 aliphatic heterocycles. The second-order valence-corrected chi connectivity index (χ2v) is 8.33. The van der Waals surface area contributed by atoms with Gasteiger partial charge in [0.05, 0.1) is 4.90 Å². The summed E-state index contributed by atoms with van der Waals surface area (Å²) in [6.07, 6.45) is 5.35. The predicted octanol–water partition coefficient (Wildman–Crippen LogP) is 2.25. The summed E-state index contributed by atoms with van der Waals surface area (Å²) in [5.41, 5.74) is 5.90. The molecule has 0 unspecified atom stereocenters. The molecule has 1 saturated carbocycles. The number of nitrogens with zero attached hydrogens (tertiary/aromatic N) is 2. The lowest BCUT2D eigenvalue weighted by molar-refractivity contribution is 0.174. The van der Waals surface area contributed by atoms with Crippen LogP contribution in [0.4, 0.5) is 5.82 Å². The number of hydrogen-bond donors (Lipinski definition) is 1. The summed E-state index contributed by atoms with van der Waals surface area (Å²) < 4.78 is 26.7. The van der Waals surface area contributed by atoms with E-state index in [0.29, 0.717) is 5.41 Å². The van der Waals surface area contributed by atoms with E-state index in [4.69, 9.17) is 5.73 Å². The van der Waals surface area contributed by atoms with E-state index in [1.807, 2.05) is 0 Å². The number of anilines is 1. The Balaban J connectivity index is 2.18. The Morgan fingerprint density at radius 3 is 2.50 bits per heavy atom. The maximum atomic E-state index is 12.6. The monoisotopic (exact) mass is 297 g/mol. The second kappa shape index (κ2) is 5.33. The number of hydrogen-bond acceptors (Lipinski definition) is 4. The molecular formula is C14H23N3O2S. The van der Waals surface area contributed by atoms with Crippen molar-refractivity contribution in [3.05, 3.63) is 18.3 Å². The Hall–Kier alpha value is -1.14. The van der Waals surface area contributed by atoms with Gasteiger partial charge in [-0.15, -0.1) is 0 Å². The molecule has 5 nitrogen and oxygen atoms in total. The smallest absolute Gasteiger partial charge is 0.243 e. The maximum absolute atomic E-state index is 12.6. The molecule has 0 radical (unpaired) electrons. The number of pyridine rings is 1. The van der Waals surface area contributed by atoms with Gasteiger partial charge in [-0.3, -0.25) is 0 Å². The fraction of sp³-hybridized carbons (Fsp3) is 0.643. The number of aromatic nitrogens is 1. The summed E-state index contributed by atoms with van der Waals surface area (Å²) >= 11 is 0. The van der Waals surface area contributed by atoms with Crippen LogP contribution >= 0.6 is 0 Å². The van der Waals surface area contributed by atoms with Crippen LogP contribution in [0.25, 0.3) is 0 Å². The van der Waals surface area contributed by atoms with Crippen LogP contribution < -0.4 is 5.73 Å². The second-order valence-electron chi connectivity index (χ2n) is 6.33. The van der Waals surface area contributed by atoms with Crippen molar-refractivity contribution in [3.63, 3.8) is 0 Å². The van der Waals surface area contributed by atoms with Crippen LogP contribution in [0.1, 0.15) is 39.5 Å². The van der Waals surface area contributed by atoms with Gasteiger partial charge in [-0.2, -0.15) is 4.31 Å². The normalized spacial score (nSPS) is 20.2. The standard InChI is InChI=1S/C14H23N3O2S/c1-14(2)7-4-11(5-8-14)17(3)20(18,19)12-6-9-16-13(15)10-12/h6,9-11H,4-5,7-8H2,1-3H3,(H2,15,16). The minimum atomic E-state index is -3.49. The van der Waals surface area contributed by atoms with E-state index in [1.54, 1.807) is 7.05 Å². The Morgan fingerprint density at radius 1 is 1.35 bits per heavy atom. The average molecular weight is 297 g/mol. The molecule has 1 aliphatic carbocycles. The lowest BCUT2D eigenvalue weighted by atomic mass is 9.76. The van der Waals surface area contributed by atoms with Crippen LogP contribution in [0.15, 0.2) is 23.2 Å². The quantitative estimate of drug-likeness (QED) is 0.928. The van der Waals surface area contributed by atoms with Crippen LogP contribution in [0.5, 0.6) is 0 Å². The zero-order chi connectivity index (χ0) is 15.0. The van der Waals surface area contributed by atoms with Crippen LogP contribution in [-0.4, -0.2) is 30.8 Å². The van der Waals surface area contributed by atoms with E-state index in [-0.39, 0.29) is 16.8 Å². The molecule has 6 heteroatoms. The van der Waals surface area contributed by atoms with Crippen molar-refractivity contribution in [2.45, 2.75) is 50.5 Å². The fourth-order valence-corrected chi connectivity index (χ4v) is 4.14. The lowest BCUT2D eigenvalue weighted by Crippen LogP contribution is -2.40. The van der Waals surface area contributed by atoms with Gasteiger partial charge in [0.2, 0.25) is 10.0 Å². The molecule has 2 N–H and O–H groups in total. The van der Waals surface area contributed by atoms with Gasteiger partial charge in [0.15, 0.2) is 0 Å². The van der Waals surface area contributed by atoms with Crippen molar-refractivity contribution < 1.29 is 8.42 Å². The van der Waals surface area contributed by atoms with Crippen LogP contribution in [0, 0.1) is 5.41 Å². The van der Waals surface area contributed by atoms with Crippen LogP contribution in [-0.2, 0) is 10.0 Å². The molecule has 0 atom stereocenters. The molecule has 0 aromatic carbocycles. The Morgan fingerprint density at radius 2 is 1.95 bits per heavy atom. The molecule has 1 aliphatic rings. The van der Waals surface area contributed by atoms with Gasteiger partial charge in [-0.1, -0.05) is 13.8 Å². The topological polar surface area (TPSA) is 76.3 Å². The van der Waals surface area contributed by atoms with Crippen LogP contribution in [0.2, 0.25) is 0 Å². The van der Waals surface area contributed by atoms with Gasteiger partial charge in [0, 0.05) is 25.4 Å². The molecule has 1 aromatic heterocycles. The minimum Gasteiger partial charge on any atom is -0.384 e. The first-order chi connectivity index (χ1) is 9.22. The van der Waals surface area contributed by atoms with Crippen molar-refractivity contribution in [1.82, 2.24) is 9.29 Å². The number of sulfonamides is 1. The largest absolute Gasteiger partial charge is 0.384 e. The first kappa shape index (κ1) is 15.3. The van der Waals surface area contributed by atoms with E-state index in [0.717, 1.165) is 25.7 Å². The molecule has 1 fully saturated rings. The highest BCUT2D eigenvalue weighted by Crippen LogP contribution is 2.37. The lowest BCUT2D eigenvalue weighted by Gasteiger charge is -2.38. The van der Waals surface area contributed by atoms with E-state index < -0.39 is 10.0 Å². The van der Waals surface area contributed by atoms with Crippen molar-refractivity contribution in [2.24, 2.45) is 5.41 Å². The third kappa shape index (κ3) is 3.12. The summed E-state index contributed by atoms with van der Waals surface area (Å²) in [5.74, 6) is 0.226. The number of rotatable bonds is 3. The highest BCUT2D eigenvalue weighted by molar-refractivity contribution is 7.89. The van der Waals surface area contributed by atoms with Gasteiger partial charge in [-0.25, -0.2) is 13.4 Å². The van der Waals surface area contributed by atoms with Crippen molar-refractivity contribution >= 4 is 15.8 Å². The number of nitrogen functional groups attached to an aromatic ring is 1. The molecule has 2 rings (SSSR count). The zero-order valence-electron chi connectivity index (χ0n) is 12.3. The summed E-state index contributed by atoms with van der Waals surface area (Å²) in [7, 11) is -1.82. The van der Waals surface area contributed by atoms with Crippen molar-refractivity contribution in [1.29, 1.82) is 0 Å². The molecule has 1 aromatic rings. The van der Waals surface area contributed by atoms with E-state index in [9.17, 15) is 8.42 Å². The highest BCUT2D eigenvalue weighted by atomic mass is 32.2. The molecule has 20 heavy (non-hydrogen) atoms. The van der Waals surface area contributed by atoms with E-state index >= 15 is 0 Å². The summed E-state index contributed by atoms with van der Waals surface area (Å²) in [5, 5.41) is 0. The third-order valence-electron chi connectivity index (χ3n) is 4.25. The van der Waals surface area contributed by atoms with Gasteiger partial charge in [0.1, 0.15) is 5.82 Å². The fourth-order valence-electron chi connectivity index (χ4n) is 2.70. The minimum absolute atomic E-state index is 0.0717. The number of nitrogens with two attached hydrogens (primary N) is 1. The molecule has 1 heterocycles. The van der Waals surface area contributed by atoms with E-state index in [2.05, 4.69) is 18.8 Å². The molecule has 0 bridgehead atoms. The Kier molecular flexibility index (Phi) is 4.07. The third-order valence-corrected chi connectivity index (χ3v) is 6.16. The van der Waals surface area contributed by atoms with Gasteiger partial charge < -0.3 is 5.73 Å². The SMILES string of the molecule is CN(C1CCC(C)(C)CC1)S(=O)(=O)c1ccnc(N)c1. The van der Waals surface area contributed by atoms with Gasteiger partial charge in [0.25, 0.3) is 0 Å². The zero-order valence-corrected chi connectivity index (χ0v) is 13.2. The molecule has 112 valence electrons. The molecule has 0 saturated heterocycles. The van der Waals surface area contributed by atoms with Gasteiger partial charge in [-0.05, 0) is 37.2 Å². The molecule has 0 spiro atoms. The predicted molar refractivity (Wildman–Crippen MR) is 79.6 cm³/mol. The summed E-state index contributed by atoms with van der Waals surface area (Å²) in [4.78, 5) is 4.06.